The number of amides is 1. The van der Waals surface area contributed by atoms with Gasteiger partial charge in [-0.25, -0.2) is 0 Å². The molecule has 1 aromatic carbocycles. The van der Waals surface area contributed by atoms with Gasteiger partial charge in [0.1, 0.15) is 0 Å². The van der Waals surface area contributed by atoms with Crippen molar-refractivity contribution < 1.29 is 9.32 Å². The third-order valence-electron chi connectivity index (χ3n) is 6.58. The van der Waals surface area contributed by atoms with E-state index in [-0.39, 0.29) is 18.3 Å². The third kappa shape index (κ3) is 5.61. The molecule has 2 aromatic rings. The van der Waals surface area contributed by atoms with Crippen molar-refractivity contribution in [3.63, 3.8) is 0 Å². The average Bonchev–Trinajstić information content (AvgIpc) is 3.23. The number of hydrogen-bond acceptors (Lipinski definition) is 5. The van der Waals surface area contributed by atoms with E-state index in [0.717, 1.165) is 55.6 Å². The van der Waals surface area contributed by atoms with Crippen LogP contribution in [0.1, 0.15) is 50.0 Å². The van der Waals surface area contributed by atoms with Crippen molar-refractivity contribution in [1.29, 1.82) is 0 Å². The summed E-state index contributed by atoms with van der Waals surface area (Å²) in [5.41, 5.74) is 2.12. The Balaban J connectivity index is 0.00000256. The minimum absolute atomic E-state index is 0. The minimum Gasteiger partial charge on any atom is -0.343 e. The minimum atomic E-state index is 0. The number of hydrogen-bond donors (Lipinski definition) is 1. The monoisotopic (exact) mass is 432 g/mol. The molecule has 0 spiro atoms. The van der Waals surface area contributed by atoms with Crippen LogP contribution in [-0.2, 0) is 11.2 Å². The highest BCUT2D eigenvalue weighted by Crippen LogP contribution is 2.31. The van der Waals surface area contributed by atoms with Crippen LogP contribution in [0.5, 0.6) is 0 Å². The quantitative estimate of drug-likeness (QED) is 0.746. The Bertz CT molecular complexity index is 811. The molecule has 1 N–H and O–H groups in total. The maximum atomic E-state index is 12.6. The number of aryl methyl sites for hydroxylation is 2. The van der Waals surface area contributed by atoms with E-state index in [9.17, 15) is 4.79 Å². The van der Waals surface area contributed by atoms with E-state index in [4.69, 9.17) is 4.52 Å². The Morgan fingerprint density at radius 3 is 2.57 bits per heavy atom. The molecule has 2 aliphatic rings. The molecule has 30 heavy (non-hydrogen) atoms. The molecule has 164 valence electrons. The van der Waals surface area contributed by atoms with Crippen LogP contribution in [0, 0.1) is 18.8 Å². The van der Waals surface area contributed by atoms with Gasteiger partial charge in [0.05, 0.1) is 0 Å². The lowest BCUT2D eigenvalue weighted by Gasteiger charge is -2.37. The number of nitrogens with one attached hydrogen (secondary N) is 1. The highest BCUT2D eigenvalue weighted by Gasteiger charge is 2.29. The fourth-order valence-corrected chi connectivity index (χ4v) is 4.77. The van der Waals surface area contributed by atoms with Crippen LogP contribution < -0.4 is 5.32 Å². The largest absolute Gasteiger partial charge is 0.343 e. The normalized spacial score (nSPS) is 18.2. The van der Waals surface area contributed by atoms with Crippen molar-refractivity contribution in [2.45, 2.75) is 51.9 Å². The molecule has 0 saturated carbocycles. The molecule has 1 amide bonds. The van der Waals surface area contributed by atoms with E-state index in [1.165, 1.54) is 25.7 Å². The molecule has 0 bridgehead atoms. The molecule has 4 rings (SSSR count). The SMILES string of the molecule is Cc1ccccc1-c1noc(CCCC(=O)N2CCC(C3CCNCC3)CC2)n1.Cl. The first kappa shape index (κ1) is 22.8. The van der Waals surface area contributed by atoms with Crippen LogP contribution in [0.4, 0.5) is 0 Å². The lowest BCUT2D eigenvalue weighted by Crippen LogP contribution is -2.41. The van der Waals surface area contributed by atoms with Gasteiger partial charge in [0.25, 0.3) is 0 Å². The zero-order valence-corrected chi connectivity index (χ0v) is 18.6. The van der Waals surface area contributed by atoms with Crippen LogP contribution in [-0.4, -0.2) is 47.1 Å². The van der Waals surface area contributed by atoms with Gasteiger partial charge >= 0.3 is 0 Å². The number of aromatic nitrogens is 2. The molecular formula is C23H33ClN4O2. The van der Waals surface area contributed by atoms with Gasteiger partial charge in [0.15, 0.2) is 0 Å². The van der Waals surface area contributed by atoms with E-state index in [2.05, 4.69) is 20.4 Å². The maximum absolute atomic E-state index is 12.6. The number of likely N-dealkylation sites (tertiary alicyclic amines) is 1. The molecule has 2 aliphatic heterocycles. The van der Waals surface area contributed by atoms with Gasteiger partial charge < -0.3 is 14.7 Å². The number of nitrogens with zero attached hydrogens (tertiary/aromatic N) is 3. The predicted octanol–water partition coefficient (Wildman–Crippen LogP) is 4.03. The number of rotatable bonds is 6. The van der Waals surface area contributed by atoms with Crippen LogP contribution in [0.25, 0.3) is 11.4 Å². The van der Waals surface area contributed by atoms with Gasteiger partial charge in [-0.2, -0.15) is 4.98 Å². The zero-order valence-electron chi connectivity index (χ0n) is 17.8. The zero-order chi connectivity index (χ0) is 20.1. The van der Waals surface area contributed by atoms with Gasteiger partial charge in [-0.3, -0.25) is 4.79 Å². The van der Waals surface area contributed by atoms with Gasteiger partial charge in [0.2, 0.25) is 17.6 Å². The second kappa shape index (κ2) is 10.9. The van der Waals surface area contributed by atoms with Crippen LogP contribution in [0.15, 0.2) is 28.8 Å². The van der Waals surface area contributed by atoms with E-state index in [1.54, 1.807) is 0 Å². The summed E-state index contributed by atoms with van der Waals surface area (Å²) in [7, 11) is 0. The summed E-state index contributed by atoms with van der Waals surface area (Å²) in [5.74, 6) is 3.17. The van der Waals surface area contributed by atoms with E-state index >= 15 is 0 Å². The van der Waals surface area contributed by atoms with Gasteiger partial charge in [0, 0.05) is 31.5 Å². The summed E-state index contributed by atoms with van der Waals surface area (Å²) in [4.78, 5) is 19.2. The lowest BCUT2D eigenvalue weighted by molar-refractivity contribution is -0.133. The maximum Gasteiger partial charge on any atom is 0.226 e. The van der Waals surface area contributed by atoms with Crippen LogP contribution >= 0.6 is 12.4 Å². The van der Waals surface area contributed by atoms with Crippen molar-refractivity contribution in [3.05, 3.63) is 35.7 Å². The van der Waals surface area contributed by atoms with Crippen molar-refractivity contribution in [2.24, 2.45) is 11.8 Å². The molecule has 3 heterocycles. The van der Waals surface area contributed by atoms with Crippen molar-refractivity contribution >= 4 is 18.3 Å². The van der Waals surface area contributed by atoms with Gasteiger partial charge in [-0.1, -0.05) is 29.4 Å². The average molecular weight is 433 g/mol. The van der Waals surface area contributed by atoms with E-state index in [1.807, 2.05) is 31.2 Å². The number of carbonyl (C=O) groups excluding carboxylic acids is 1. The second-order valence-electron chi connectivity index (χ2n) is 8.49. The first-order valence-electron chi connectivity index (χ1n) is 11.1. The molecule has 2 saturated heterocycles. The summed E-state index contributed by atoms with van der Waals surface area (Å²) < 4.78 is 5.39. The first-order chi connectivity index (χ1) is 14.2. The molecule has 7 heteroatoms. The summed E-state index contributed by atoms with van der Waals surface area (Å²) >= 11 is 0. The third-order valence-corrected chi connectivity index (χ3v) is 6.58. The number of piperidine rings is 2. The van der Waals surface area contributed by atoms with Gasteiger partial charge in [-0.05, 0) is 69.5 Å². The first-order valence-corrected chi connectivity index (χ1v) is 11.1. The molecule has 0 atom stereocenters. The fraction of sp³-hybridized carbons (Fsp3) is 0.609. The Hall–Kier alpha value is -1.92. The Morgan fingerprint density at radius 1 is 1.13 bits per heavy atom. The molecule has 2 fully saturated rings. The molecule has 0 unspecified atom stereocenters. The highest BCUT2D eigenvalue weighted by atomic mass is 35.5. The molecule has 6 nitrogen and oxygen atoms in total. The van der Waals surface area contributed by atoms with Crippen molar-refractivity contribution in [2.75, 3.05) is 26.2 Å². The van der Waals surface area contributed by atoms with Crippen molar-refractivity contribution in [1.82, 2.24) is 20.4 Å². The second-order valence-corrected chi connectivity index (χ2v) is 8.49. The summed E-state index contributed by atoms with van der Waals surface area (Å²) in [6.45, 7) is 6.20. The summed E-state index contributed by atoms with van der Waals surface area (Å²) in [6.07, 6.45) is 6.89. The molecular weight excluding hydrogens is 400 g/mol. The standard InChI is InChI=1S/C23H32N4O2.ClH/c1-17-5-2-3-6-20(17)23-25-21(29-26-23)7-4-8-22(28)27-15-11-19(12-16-27)18-9-13-24-14-10-18;/h2-3,5-6,18-19,24H,4,7-16H2,1H3;1H. The predicted molar refractivity (Wildman–Crippen MR) is 120 cm³/mol. The van der Waals surface area contributed by atoms with Gasteiger partial charge in [-0.15, -0.1) is 12.4 Å². The number of benzene rings is 1. The van der Waals surface area contributed by atoms with Crippen LogP contribution in [0.2, 0.25) is 0 Å². The Labute approximate surface area is 185 Å². The van der Waals surface area contributed by atoms with Crippen molar-refractivity contribution in [3.8, 4) is 11.4 Å². The molecule has 1 aromatic heterocycles. The summed E-state index contributed by atoms with van der Waals surface area (Å²) in [5, 5.41) is 7.55. The molecule has 0 radical (unpaired) electrons. The van der Waals surface area contributed by atoms with Crippen LogP contribution in [0.3, 0.4) is 0 Å². The number of carbonyl (C=O) groups is 1. The Morgan fingerprint density at radius 2 is 1.83 bits per heavy atom. The Kier molecular flexibility index (Phi) is 8.28. The topological polar surface area (TPSA) is 71.3 Å². The molecule has 0 aliphatic carbocycles. The van der Waals surface area contributed by atoms with E-state index < -0.39 is 0 Å². The van der Waals surface area contributed by atoms with E-state index in [0.29, 0.717) is 24.6 Å². The fourth-order valence-electron chi connectivity index (χ4n) is 4.77. The number of halogens is 1. The highest BCUT2D eigenvalue weighted by molar-refractivity contribution is 5.85. The summed E-state index contributed by atoms with van der Waals surface area (Å²) in [6, 6.07) is 8.02. The lowest BCUT2D eigenvalue weighted by atomic mass is 9.79. The smallest absolute Gasteiger partial charge is 0.226 e.